The van der Waals surface area contributed by atoms with Gasteiger partial charge in [0.2, 0.25) is 0 Å². The zero-order valence-corrected chi connectivity index (χ0v) is 10.7. The van der Waals surface area contributed by atoms with E-state index in [9.17, 15) is 0 Å². The Kier molecular flexibility index (Phi) is 4.00. The molecule has 0 aromatic heterocycles. The van der Waals surface area contributed by atoms with Crippen LogP contribution in [0, 0.1) is 14.9 Å². The van der Waals surface area contributed by atoms with E-state index in [0.29, 0.717) is 11.3 Å². The number of halogens is 2. The molecule has 0 atom stereocenters. The second kappa shape index (κ2) is 4.82. The van der Waals surface area contributed by atoms with E-state index >= 15 is 0 Å². The summed E-state index contributed by atoms with van der Waals surface area (Å²) < 4.78 is 6.18. The van der Waals surface area contributed by atoms with Gasteiger partial charge in [-0.1, -0.05) is 15.9 Å². The Morgan fingerprint density at radius 3 is 2.77 bits per heavy atom. The Labute approximate surface area is 99.2 Å². The molecule has 0 spiro atoms. The van der Waals surface area contributed by atoms with Gasteiger partial charge >= 0.3 is 0 Å². The zero-order chi connectivity index (χ0) is 9.84. The van der Waals surface area contributed by atoms with E-state index in [2.05, 4.69) is 44.6 Å². The molecule has 13 heavy (non-hydrogen) atoms. The molecule has 0 aliphatic carbocycles. The molecule has 1 aromatic carbocycles. The molecule has 4 heteroatoms. The molecular weight excluding hydrogens is 345 g/mol. The van der Waals surface area contributed by atoms with Gasteiger partial charge in [0, 0.05) is 8.90 Å². The van der Waals surface area contributed by atoms with E-state index in [4.69, 9.17) is 10.00 Å². The van der Waals surface area contributed by atoms with Crippen LogP contribution in [0.25, 0.3) is 0 Å². The van der Waals surface area contributed by atoms with Crippen LogP contribution in [0.2, 0.25) is 0 Å². The van der Waals surface area contributed by atoms with Gasteiger partial charge in [-0.3, -0.25) is 0 Å². The highest BCUT2D eigenvalue weighted by Gasteiger charge is 2.07. The number of benzene rings is 1. The Bertz CT molecular complexity index is 359. The molecule has 0 radical (unpaired) electrons. The maximum Gasteiger partial charge on any atom is 0.137 e. The molecule has 0 saturated carbocycles. The van der Waals surface area contributed by atoms with Crippen LogP contribution >= 0.6 is 38.5 Å². The van der Waals surface area contributed by atoms with E-state index in [1.807, 2.05) is 12.1 Å². The topological polar surface area (TPSA) is 33.0 Å². The summed E-state index contributed by atoms with van der Waals surface area (Å²) in [6, 6.07) is 5.81. The van der Waals surface area contributed by atoms with E-state index in [1.54, 1.807) is 7.11 Å². The van der Waals surface area contributed by atoms with Crippen molar-refractivity contribution in [3.63, 3.8) is 0 Å². The minimum absolute atomic E-state index is 0.581. The van der Waals surface area contributed by atoms with Crippen molar-refractivity contribution in [2.45, 2.75) is 5.33 Å². The number of hydrogen-bond donors (Lipinski definition) is 0. The van der Waals surface area contributed by atoms with Crippen LogP contribution in [-0.4, -0.2) is 7.11 Å². The number of methoxy groups -OCH3 is 1. The lowest BCUT2D eigenvalue weighted by molar-refractivity contribution is 0.413. The van der Waals surface area contributed by atoms with E-state index in [-0.39, 0.29) is 0 Å². The number of nitrogens with zero attached hydrogens (tertiary/aromatic N) is 1. The highest BCUT2D eigenvalue weighted by atomic mass is 127. The first-order valence-electron chi connectivity index (χ1n) is 3.55. The normalized spacial score (nSPS) is 9.38. The van der Waals surface area contributed by atoms with E-state index in [1.165, 1.54) is 0 Å². The summed E-state index contributed by atoms with van der Waals surface area (Å²) in [7, 11) is 1.57. The largest absolute Gasteiger partial charge is 0.495 e. The summed E-state index contributed by atoms with van der Waals surface area (Å²) in [5.41, 5.74) is 1.69. The fourth-order valence-electron chi connectivity index (χ4n) is 0.959. The number of hydrogen-bond acceptors (Lipinski definition) is 2. The first kappa shape index (κ1) is 10.8. The van der Waals surface area contributed by atoms with Crippen molar-refractivity contribution in [3.8, 4) is 11.8 Å². The molecule has 0 saturated heterocycles. The molecule has 0 aliphatic rings. The average Bonchev–Trinajstić information content (AvgIpc) is 2.17. The highest BCUT2D eigenvalue weighted by molar-refractivity contribution is 14.1. The number of alkyl halides is 1. The van der Waals surface area contributed by atoms with Crippen LogP contribution in [-0.2, 0) is 5.33 Å². The number of ether oxygens (including phenoxy) is 1. The third-order valence-corrected chi connectivity index (χ3v) is 3.24. The Morgan fingerprint density at radius 2 is 2.31 bits per heavy atom. The highest BCUT2D eigenvalue weighted by Crippen LogP contribution is 2.25. The number of rotatable bonds is 2. The van der Waals surface area contributed by atoms with Gasteiger partial charge in [-0.25, -0.2) is 0 Å². The summed E-state index contributed by atoms with van der Waals surface area (Å²) in [5.74, 6) is 0.636. The lowest BCUT2D eigenvalue weighted by atomic mass is 10.1. The quantitative estimate of drug-likeness (QED) is 0.606. The molecule has 0 aliphatic heterocycles. The smallest absolute Gasteiger partial charge is 0.137 e. The molecule has 68 valence electrons. The van der Waals surface area contributed by atoms with Crippen molar-refractivity contribution in [1.29, 1.82) is 5.26 Å². The van der Waals surface area contributed by atoms with Gasteiger partial charge in [0.05, 0.1) is 12.7 Å². The molecule has 1 rings (SSSR count). The first-order chi connectivity index (χ1) is 6.22. The van der Waals surface area contributed by atoms with Gasteiger partial charge in [-0.2, -0.15) is 5.26 Å². The second-order valence-corrected chi connectivity index (χ2v) is 4.11. The first-order valence-corrected chi connectivity index (χ1v) is 5.75. The molecular formula is C9H7BrINO. The predicted octanol–water partition coefficient (Wildman–Crippen LogP) is 3.07. The Hall–Kier alpha value is -0.280. The van der Waals surface area contributed by atoms with Crippen LogP contribution in [0.5, 0.6) is 5.75 Å². The lowest BCUT2D eigenvalue weighted by Crippen LogP contribution is -1.92. The molecule has 2 nitrogen and oxygen atoms in total. The Morgan fingerprint density at radius 1 is 1.62 bits per heavy atom. The SMILES string of the molecule is COc1cc(I)c(CBr)cc1C#N. The molecule has 0 fully saturated rings. The van der Waals surface area contributed by atoms with Gasteiger partial charge in [-0.05, 0) is 40.3 Å². The maximum atomic E-state index is 8.81. The van der Waals surface area contributed by atoms with Gasteiger partial charge in [-0.15, -0.1) is 0 Å². The molecule has 0 unspecified atom stereocenters. The van der Waals surface area contributed by atoms with Crippen molar-refractivity contribution >= 4 is 38.5 Å². The van der Waals surface area contributed by atoms with Gasteiger partial charge < -0.3 is 4.74 Å². The summed E-state index contributed by atoms with van der Waals surface area (Å²) in [5, 5.41) is 9.57. The van der Waals surface area contributed by atoms with Crippen LogP contribution in [0.1, 0.15) is 11.1 Å². The third-order valence-electron chi connectivity index (χ3n) is 1.63. The minimum Gasteiger partial charge on any atom is -0.495 e. The fraction of sp³-hybridized carbons (Fsp3) is 0.222. The summed E-state index contributed by atoms with van der Waals surface area (Å²) >= 11 is 5.59. The molecule has 0 amide bonds. The van der Waals surface area contributed by atoms with Gasteiger partial charge in [0.1, 0.15) is 11.8 Å². The second-order valence-electron chi connectivity index (χ2n) is 2.39. The van der Waals surface area contributed by atoms with Crippen molar-refractivity contribution in [3.05, 3.63) is 26.8 Å². The van der Waals surface area contributed by atoms with Crippen molar-refractivity contribution in [2.75, 3.05) is 7.11 Å². The van der Waals surface area contributed by atoms with Crippen LogP contribution in [0.4, 0.5) is 0 Å². The zero-order valence-electron chi connectivity index (χ0n) is 6.97. The molecule has 0 heterocycles. The lowest BCUT2D eigenvalue weighted by Gasteiger charge is -2.06. The maximum absolute atomic E-state index is 8.81. The van der Waals surface area contributed by atoms with Crippen LogP contribution in [0.3, 0.4) is 0 Å². The predicted molar refractivity (Wildman–Crippen MR) is 63.1 cm³/mol. The third kappa shape index (κ3) is 2.35. The summed E-state index contributed by atoms with van der Waals surface area (Å²) in [6.45, 7) is 0. The minimum atomic E-state index is 0.581. The molecule has 1 aromatic rings. The standard InChI is InChI=1S/C9H7BrINO/c1-13-9-3-8(11)6(4-10)2-7(9)5-12/h2-3H,4H2,1H3. The van der Waals surface area contributed by atoms with Crippen LogP contribution in [0.15, 0.2) is 12.1 Å². The fourth-order valence-corrected chi connectivity index (χ4v) is 2.58. The summed E-state index contributed by atoms with van der Waals surface area (Å²) in [6.07, 6.45) is 0. The summed E-state index contributed by atoms with van der Waals surface area (Å²) in [4.78, 5) is 0. The van der Waals surface area contributed by atoms with Crippen molar-refractivity contribution in [2.24, 2.45) is 0 Å². The van der Waals surface area contributed by atoms with Gasteiger partial charge in [0.15, 0.2) is 0 Å². The monoisotopic (exact) mass is 351 g/mol. The average molecular weight is 352 g/mol. The van der Waals surface area contributed by atoms with Crippen molar-refractivity contribution < 1.29 is 4.74 Å². The van der Waals surface area contributed by atoms with E-state index in [0.717, 1.165) is 14.5 Å². The number of nitriles is 1. The van der Waals surface area contributed by atoms with Crippen molar-refractivity contribution in [1.82, 2.24) is 0 Å². The van der Waals surface area contributed by atoms with E-state index < -0.39 is 0 Å². The van der Waals surface area contributed by atoms with Gasteiger partial charge in [0.25, 0.3) is 0 Å². The Balaban J connectivity index is 3.28. The van der Waals surface area contributed by atoms with Crippen LogP contribution < -0.4 is 4.74 Å². The molecule has 0 bridgehead atoms. The molecule has 0 N–H and O–H groups in total.